The maximum absolute atomic E-state index is 9.93. The molecule has 0 atom stereocenters. The van der Waals surface area contributed by atoms with Crippen molar-refractivity contribution in [1.29, 1.82) is 0 Å². The summed E-state index contributed by atoms with van der Waals surface area (Å²) in [5.74, 6) is -0.752. The summed E-state index contributed by atoms with van der Waals surface area (Å²) in [7, 11) is 0. The number of carboxylic acid groups (broad SMARTS) is 1. The van der Waals surface area contributed by atoms with Crippen molar-refractivity contribution in [2.24, 2.45) is 0 Å². The van der Waals surface area contributed by atoms with Crippen molar-refractivity contribution in [3.05, 3.63) is 0 Å². The third-order valence-corrected chi connectivity index (χ3v) is 1.37. The van der Waals surface area contributed by atoms with Gasteiger partial charge in [0.1, 0.15) is 0 Å². The van der Waals surface area contributed by atoms with Crippen molar-refractivity contribution in [1.82, 2.24) is 0 Å². The number of hydrogen-bond acceptors (Lipinski definition) is 3. The molecule has 0 saturated carbocycles. The summed E-state index contributed by atoms with van der Waals surface area (Å²) < 4.78 is 0.0179. The zero-order valence-electron chi connectivity index (χ0n) is 4.95. The van der Waals surface area contributed by atoms with Gasteiger partial charge in [0.15, 0.2) is 0 Å². The zero-order chi connectivity index (χ0) is 7.28. The van der Waals surface area contributed by atoms with E-state index in [-0.39, 0.29) is 11.0 Å². The second kappa shape index (κ2) is 4.99. The Kier molecular flexibility index (Phi) is 5.09. The van der Waals surface area contributed by atoms with Gasteiger partial charge in [0.25, 0.3) is 0 Å². The molecule has 0 aromatic carbocycles. The summed E-state index contributed by atoms with van der Waals surface area (Å²) in [5, 5.41) is 8.18. The van der Waals surface area contributed by atoms with Crippen LogP contribution in [-0.2, 0) is 4.79 Å². The zero-order valence-corrected chi connectivity index (χ0v) is 6.74. The van der Waals surface area contributed by atoms with E-state index in [0.29, 0.717) is 6.42 Å². The van der Waals surface area contributed by atoms with E-state index in [1.165, 1.54) is 0 Å². The predicted molar refractivity (Wildman–Crippen MR) is 43.2 cm³/mol. The van der Waals surface area contributed by atoms with Crippen LogP contribution in [0.3, 0.4) is 0 Å². The van der Waals surface area contributed by atoms with E-state index in [2.05, 4.69) is 25.3 Å². The number of carbonyl (C=O) groups is 1. The van der Waals surface area contributed by atoms with Gasteiger partial charge in [0, 0.05) is 11.0 Å². The molecule has 0 aliphatic rings. The first-order valence-corrected chi connectivity index (χ1v) is 3.74. The van der Waals surface area contributed by atoms with E-state index in [4.69, 9.17) is 5.11 Å². The molecule has 2 nitrogen and oxygen atoms in total. The van der Waals surface area contributed by atoms with Gasteiger partial charge in [0.05, 0.1) is 0 Å². The van der Waals surface area contributed by atoms with Crippen LogP contribution in [0.25, 0.3) is 0 Å². The van der Waals surface area contributed by atoms with Crippen molar-refractivity contribution in [2.75, 3.05) is 0 Å². The first-order chi connectivity index (χ1) is 4.13. The smallest absolute Gasteiger partial charge is 0.303 e. The minimum Gasteiger partial charge on any atom is -0.481 e. The highest BCUT2D eigenvalue weighted by molar-refractivity contribution is 7.99. The fourth-order valence-corrected chi connectivity index (χ4v) is 0.801. The number of rotatable bonds is 4. The predicted octanol–water partition coefficient (Wildman–Crippen LogP) is 1.43. The van der Waals surface area contributed by atoms with Gasteiger partial charge < -0.3 is 5.11 Å². The summed E-state index contributed by atoms with van der Waals surface area (Å²) in [6.07, 6.45) is 1.63. The molecular weight excluding hydrogens is 156 g/mol. The molecule has 0 fully saturated rings. The van der Waals surface area contributed by atoms with Crippen LogP contribution in [0.1, 0.15) is 19.3 Å². The molecule has 4 heteroatoms. The average Bonchev–Trinajstić information content (AvgIpc) is 1.63. The maximum Gasteiger partial charge on any atom is 0.303 e. The highest BCUT2D eigenvalue weighted by Crippen LogP contribution is 2.09. The monoisotopic (exact) mass is 166 g/mol. The lowest BCUT2D eigenvalue weighted by atomic mass is 10.2. The Morgan fingerprint density at radius 1 is 1.56 bits per heavy atom. The quantitative estimate of drug-likeness (QED) is 0.436. The lowest BCUT2D eigenvalue weighted by Gasteiger charge is -1.98. The van der Waals surface area contributed by atoms with Gasteiger partial charge in [-0.3, -0.25) is 4.79 Å². The Balaban J connectivity index is 3.01. The Hall–Kier alpha value is 0.170. The molecule has 1 N–H and O–H groups in total. The van der Waals surface area contributed by atoms with Crippen molar-refractivity contribution in [3.63, 3.8) is 0 Å². The molecule has 0 saturated heterocycles. The maximum atomic E-state index is 9.93. The molecule has 0 rings (SSSR count). The highest BCUT2D eigenvalue weighted by atomic mass is 32.2. The van der Waals surface area contributed by atoms with Crippen LogP contribution in [0.4, 0.5) is 0 Å². The van der Waals surface area contributed by atoms with Gasteiger partial charge in [-0.05, 0) is 12.8 Å². The third-order valence-electron chi connectivity index (χ3n) is 0.853. The SMILES string of the molecule is O=C(O)CCCC(S)S. The first kappa shape index (κ1) is 9.17. The second-order valence-electron chi connectivity index (χ2n) is 1.77. The van der Waals surface area contributed by atoms with Crippen LogP contribution in [0.15, 0.2) is 0 Å². The average molecular weight is 166 g/mol. The van der Waals surface area contributed by atoms with E-state index >= 15 is 0 Å². The first-order valence-electron chi connectivity index (χ1n) is 2.71. The molecule has 0 aromatic heterocycles. The second-order valence-corrected chi connectivity index (χ2v) is 3.42. The molecule has 0 aromatic rings. The Labute approximate surface area is 65.5 Å². The van der Waals surface area contributed by atoms with Gasteiger partial charge in [-0.15, -0.1) is 0 Å². The van der Waals surface area contributed by atoms with Gasteiger partial charge >= 0.3 is 5.97 Å². The van der Waals surface area contributed by atoms with Gasteiger partial charge in [-0.1, -0.05) is 0 Å². The lowest BCUT2D eigenvalue weighted by Crippen LogP contribution is -1.95. The number of hydrogen-bond donors (Lipinski definition) is 3. The van der Waals surface area contributed by atoms with Crippen LogP contribution in [0.2, 0.25) is 0 Å². The van der Waals surface area contributed by atoms with Crippen molar-refractivity contribution < 1.29 is 9.90 Å². The van der Waals surface area contributed by atoms with E-state index in [1.807, 2.05) is 0 Å². The molecule has 0 aliphatic carbocycles. The van der Waals surface area contributed by atoms with E-state index in [9.17, 15) is 4.79 Å². The highest BCUT2D eigenvalue weighted by Gasteiger charge is 1.98. The van der Waals surface area contributed by atoms with Crippen molar-refractivity contribution >= 4 is 31.2 Å². The topological polar surface area (TPSA) is 37.3 Å². The number of carboxylic acids is 1. The molecule has 54 valence electrons. The number of aliphatic carboxylic acids is 1. The Morgan fingerprint density at radius 3 is 2.44 bits per heavy atom. The van der Waals surface area contributed by atoms with Crippen LogP contribution >= 0.6 is 25.3 Å². The number of thiol groups is 2. The van der Waals surface area contributed by atoms with Crippen molar-refractivity contribution in [2.45, 2.75) is 23.8 Å². The molecule has 0 unspecified atom stereocenters. The molecule has 0 radical (unpaired) electrons. The van der Waals surface area contributed by atoms with E-state index in [0.717, 1.165) is 6.42 Å². The summed E-state index contributed by atoms with van der Waals surface area (Å²) in [6, 6.07) is 0. The van der Waals surface area contributed by atoms with Crippen molar-refractivity contribution in [3.8, 4) is 0 Å². The van der Waals surface area contributed by atoms with E-state index < -0.39 is 5.97 Å². The molecule has 0 bridgehead atoms. The minimum absolute atomic E-state index is 0.0179. The fraction of sp³-hybridized carbons (Fsp3) is 0.800. The standard InChI is InChI=1S/C5H10O2S2/c6-4(7)2-1-3-5(8)9/h5,8-9H,1-3H2,(H,6,7). The fourth-order valence-electron chi connectivity index (χ4n) is 0.436. The molecular formula is C5H10O2S2. The molecule has 0 spiro atoms. The Morgan fingerprint density at radius 2 is 2.11 bits per heavy atom. The van der Waals surface area contributed by atoms with Crippen LogP contribution in [-0.4, -0.2) is 15.7 Å². The Bertz CT molecular complexity index is 93.0. The van der Waals surface area contributed by atoms with Gasteiger partial charge in [-0.2, -0.15) is 25.3 Å². The van der Waals surface area contributed by atoms with Gasteiger partial charge in [-0.25, -0.2) is 0 Å². The summed E-state index contributed by atoms with van der Waals surface area (Å²) in [6.45, 7) is 0. The van der Waals surface area contributed by atoms with Crippen LogP contribution < -0.4 is 0 Å². The molecule has 0 aliphatic heterocycles. The largest absolute Gasteiger partial charge is 0.481 e. The summed E-state index contributed by atoms with van der Waals surface area (Å²) in [5.41, 5.74) is 0. The minimum atomic E-state index is -0.752. The van der Waals surface area contributed by atoms with E-state index in [1.54, 1.807) is 0 Å². The van der Waals surface area contributed by atoms with Crippen LogP contribution in [0, 0.1) is 0 Å². The molecule has 0 amide bonds. The summed E-state index contributed by atoms with van der Waals surface area (Å²) >= 11 is 7.94. The lowest BCUT2D eigenvalue weighted by molar-refractivity contribution is -0.137. The molecule has 9 heavy (non-hydrogen) atoms. The summed E-state index contributed by atoms with van der Waals surface area (Å²) in [4.78, 5) is 9.93. The van der Waals surface area contributed by atoms with Crippen LogP contribution in [0.5, 0.6) is 0 Å². The normalized spacial score (nSPS) is 10.1. The van der Waals surface area contributed by atoms with Gasteiger partial charge in [0.2, 0.25) is 0 Å². The third kappa shape index (κ3) is 8.17. The molecule has 0 heterocycles.